The van der Waals surface area contributed by atoms with Crippen molar-refractivity contribution in [2.24, 2.45) is 0 Å². The van der Waals surface area contributed by atoms with Crippen molar-refractivity contribution < 1.29 is 8.78 Å². The molecular formula is C34H19F2IN8. The largest absolute Gasteiger partial charge is 0.248 e. The van der Waals surface area contributed by atoms with Crippen LogP contribution in [0.5, 0.6) is 0 Å². The monoisotopic (exact) mass is 704 g/mol. The van der Waals surface area contributed by atoms with Crippen molar-refractivity contribution in [3.8, 4) is 35.6 Å². The van der Waals surface area contributed by atoms with E-state index in [1.807, 2.05) is 30.3 Å². The molecule has 0 amide bonds. The summed E-state index contributed by atoms with van der Waals surface area (Å²) in [7, 11) is 0. The predicted octanol–water partition coefficient (Wildman–Crippen LogP) is 7.59. The lowest BCUT2D eigenvalue weighted by atomic mass is 10.3. The molecule has 4 heterocycles. The van der Waals surface area contributed by atoms with Crippen LogP contribution in [0.4, 0.5) is 20.2 Å². The quantitative estimate of drug-likeness (QED) is 0.106. The summed E-state index contributed by atoms with van der Waals surface area (Å²) in [5, 5.41) is 8.39. The van der Waals surface area contributed by atoms with Crippen LogP contribution in [-0.2, 0) is 0 Å². The van der Waals surface area contributed by atoms with Crippen LogP contribution in [0.15, 0.2) is 110 Å². The second-order valence-electron chi connectivity index (χ2n) is 8.61. The van der Waals surface area contributed by atoms with Gasteiger partial charge in [-0.1, -0.05) is 18.1 Å². The SMILES string of the molecule is C#Cc1ccccn1.[C-]#[N+]c1cc(F)cc(-n2ccc(C#Cc3ccccn3)n2)c1.[C-]#[N+]c1cc(F)cc(-n2ccc(I)n2)c1. The van der Waals surface area contributed by atoms with Crippen LogP contribution in [-0.4, -0.2) is 29.5 Å². The molecule has 0 aliphatic carbocycles. The first-order chi connectivity index (χ1) is 21.9. The molecule has 0 bridgehead atoms. The highest BCUT2D eigenvalue weighted by molar-refractivity contribution is 14.1. The standard InChI is InChI=1S/C17H9FN4.C10H5FIN3.C7H5N/c1-19-16-10-13(18)11-17(12-16)22-9-7-15(21-22)6-5-14-4-2-3-8-20-14;1-13-8-4-7(11)5-9(6-8)15-3-2-10(12)14-15;1-2-7-5-3-4-6-8-7/h2-4,7-12H;2-6H;1,3-6H. The van der Waals surface area contributed by atoms with Crippen LogP contribution in [0, 0.1) is 52.7 Å². The molecule has 6 aromatic rings. The fraction of sp³-hybridized carbons (Fsp3) is 0. The summed E-state index contributed by atoms with van der Waals surface area (Å²) in [6, 6.07) is 22.7. The maximum atomic E-state index is 13.5. The van der Waals surface area contributed by atoms with Gasteiger partial charge >= 0.3 is 0 Å². The van der Waals surface area contributed by atoms with E-state index in [1.165, 1.54) is 28.9 Å². The van der Waals surface area contributed by atoms with Gasteiger partial charge in [0.05, 0.1) is 24.5 Å². The molecule has 2 aromatic carbocycles. The first kappa shape index (κ1) is 31.8. The third-order valence-electron chi connectivity index (χ3n) is 5.46. The van der Waals surface area contributed by atoms with Gasteiger partial charge in [0.2, 0.25) is 0 Å². The molecule has 216 valence electrons. The van der Waals surface area contributed by atoms with E-state index < -0.39 is 11.6 Å². The summed E-state index contributed by atoms with van der Waals surface area (Å²) in [6.07, 6.45) is 11.8. The first-order valence-electron chi connectivity index (χ1n) is 12.8. The molecule has 0 spiro atoms. The van der Waals surface area contributed by atoms with Crippen molar-refractivity contribution in [3.05, 3.63) is 165 Å². The van der Waals surface area contributed by atoms with Gasteiger partial charge in [-0.25, -0.2) is 37.8 Å². The number of benzene rings is 2. The van der Waals surface area contributed by atoms with Gasteiger partial charge in [0.1, 0.15) is 32.4 Å². The molecule has 6 rings (SSSR count). The molecule has 0 N–H and O–H groups in total. The maximum absolute atomic E-state index is 13.5. The van der Waals surface area contributed by atoms with Crippen molar-refractivity contribution in [2.75, 3.05) is 0 Å². The van der Waals surface area contributed by atoms with Crippen molar-refractivity contribution in [1.29, 1.82) is 0 Å². The zero-order chi connectivity index (χ0) is 32.0. The molecule has 0 saturated heterocycles. The number of aromatic nitrogens is 6. The molecule has 11 heteroatoms. The molecule has 0 radical (unpaired) electrons. The number of nitrogens with zero attached hydrogens (tertiary/aromatic N) is 8. The van der Waals surface area contributed by atoms with E-state index in [4.69, 9.17) is 19.6 Å². The lowest BCUT2D eigenvalue weighted by Crippen LogP contribution is -1.95. The van der Waals surface area contributed by atoms with E-state index in [1.54, 1.807) is 59.8 Å². The van der Waals surface area contributed by atoms with E-state index in [2.05, 4.69) is 70.2 Å². The van der Waals surface area contributed by atoms with Crippen LogP contribution in [0.2, 0.25) is 0 Å². The van der Waals surface area contributed by atoms with Crippen LogP contribution in [0.1, 0.15) is 17.1 Å². The Kier molecular flexibility index (Phi) is 11.2. The van der Waals surface area contributed by atoms with Crippen LogP contribution in [0.3, 0.4) is 0 Å². The summed E-state index contributed by atoms with van der Waals surface area (Å²) in [4.78, 5) is 14.4. The molecule has 0 aliphatic heterocycles. The van der Waals surface area contributed by atoms with E-state index >= 15 is 0 Å². The predicted molar refractivity (Wildman–Crippen MR) is 175 cm³/mol. The van der Waals surface area contributed by atoms with Crippen molar-refractivity contribution in [3.63, 3.8) is 0 Å². The smallest absolute Gasteiger partial charge is 0.192 e. The number of hydrogen-bond acceptors (Lipinski definition) is 4. The first-order valence-corrected chi connectivity index (χ1v) is 13.9. The minimum absolute atomic E-state index is 0.228. The van der Waals surface area contributed by atoms with E-state index in [-0.39, 0.29) is 11.4 Å². The summed E-state index contributed by atoms with van der Waals surface area (Å²) in [6.45, 7) is 13.8. The highest BCUT2D eigenvalue weighted by Gasteiger charge is 2.05. The van der Waals surface area contributed by atoms with Crippen molar-refractivity contribution in [2.45, 2.75) is 0 Å². The lowest BCUT2D eigenvalue weighted by Gasteiger charge is -2.01. The Labute approximate surface area is 271 Å². The number of terminal acetylenes is 1. The lowest BCUT2D eigenvalue weighted by molar-refractivity contribution is 0.626. The van der Waals surface area contributed by atoms with Gasteiger partial charge < -0.3 is 0 Å². The summed E-state index contributed by atoms with van der Waals surface area (Å²) in [5.74, 6) is 7.31. The second-order valence-corrected chi connectivity index (χ2v) is 9.72. The summed E-state index contributed by atoms with van der Waals surface area (Å²) < 4.78 is 30.4. The number of halogens is 3. The average molecular weight is 704 g/mol. The Hall–Kier alpha value is -6.15. The van der Waals surface area contributed by atoms with E-state index in [9.17, 15) is 8.78 Å². The van der Waals surface area contributed by atoms with Gasteiger partial charge in [-0.2, -0.15) is 10.2 Å². The van der Waals surface area contributed by atoms with Crippen molar-refractivity contribution >= 4 is 34.0 Å². The highest BCUT2D eigenvalue weighted by atomic mass is 127. The zero-order valence-corrected chi connectivity index (χ0v) is 25.3. The Morgan fingerprint density at radius 3 is 1.67 bits per heavy atom. The minimum atomic E-state index is -0.472. The second kappa shape index (κ2) is 15.9. The van der Waals surface area contributed by atoms with E-state index in [0.717, 1.165) is 3.70 Å². The third-order valence-corrected chi connectivity index (χ3v) is 6.04. The molecule has 0 unspecified atom stereocenters. The van der Waals surface area contributed by atoms with Crippen LogP contribution >= 0.6 is 22.6 Å². The summed E-state index contributed by atoms with van der Waals surface area (Å²) >= 11 is 2.07. The Morgan fingerprint density at radius 2 is 1.20 bits per heavy atom. The van der Waals surface area contributed by atoms with Gasteiger partial charge in [-0.05, 0) is 107 Å². The molecular weight excluding hydrogens is 685 g/mol. The molecule has 0 atom stereocenters. The van der Waals surface area contributed by atoms with Gasteiger partial charge in [-0.15, -0.1) is 6.42 Å². The highest BCUT2D eigenvalue weighted by Crippen LogP contribution is 2.21. The fourth-order valence-electron chi connectivity index (χ4n) is 3.50. The van der Waals surface area contributed by atoms with E-state index in [0.29, 0.717) is 28.5 Å². The average Bonchev–Trinajstić information content (AvgIpc) is 3.74. The third kappa shape index (κ3) is 9.69. The molecule has 45 heavy (non-hydrogen) atoms. The minimum Gasteiger partial charge on any atom is -0.248 e. The Balaban J connectivity index is 0.000000172. The van der Waals surface area contributed by atoms with Crippen LogP contribution < -0.4 is 0 Å². The molecule has 8 nitrogen and oxygen atoms in total. The number of rotatable bonds is 2. The summed E-state index contributed by atoms with van der Waals surface area (Å²) in [5.41, 5.74) is 3.42. The topological polar surface area (TPSA) is 70.1 Å². The van der Waals surface area contributed by atoms with Gasteiger partial charge in [0, 0.05) is 24.8 Å². The molecule has 0 fully saturated rings. The number of pyridine rings is 2. The van der Waals surface area contributed by atoms with Gasteiger partial charge in [0.25, 0.3) is 0 Å². The number of hydrogen-bond donors (Lipinski definition) is 0. The fourth-order valence-corrected chi connectivity index (χ4v) is 3.90. The molecule has 0 aliphatic rings. The Morgan fingerprint density at radius 1 is 0.667 bits per heavy atom. The molecule has 0 saturated carbocycles. The van der Waals surface area contributed by atoms with Crippen LogP contribution in [0.25, 0.3) is 21.1 Å². The Bertz CT molecular complexity index is 2090. The van der Waals surface area contributed by atoms with Gasteiger partial charge in [0.15, 0.2) is 11.4 Å². The normalized spacial score (nSPS) is 9.42. The zero-order valence-electron chi connectivity index (χ0n) is 23.2. The molecule has 4 aromatic heterocycles. The maximum Gasteiger partial charge on any atom is 0.192 e. The van der Waals surface area contributed by atoms with Gasteiger partial charge in [-0.3, -0.25) is 0 Å². The van der Waals surface area contributed by atoms with Crippen molar-refractivity contribution in [1.82, 2.24) is 29.5 Å².